The zero-order valence-corrected chi connectivity index (χ0v) is 23.0. The maximum absolute atomic E-state index is 13.7. The lowest BCUT2D eigenvalue weighted by atomic mass is 9.80. The smallest absolute Gasteiger partial charge is 0.482 e. The van der Waals surface area contributed by atoms with Crippen molar-refractivity contribution in [1.82, 2.24) is 9.80 Å². The molecule has 0 saturated carbocycles. The third kappa shape index (κ3) is 7.84. The summed E-state index contributed by atoms with van der Waals surface area (Å²) in [5.41, 5.74) is 3.70. The van der Waals surface area contributed by atoms with E-state index < -0.39 is 11.4 Å². The van der Waals surface area contributed by atoms with Crippen molar-refractivity contribution in [2.24, 2.45) is 5.92 Å². The summed E-state index contributed by atoms with van der Waals surface area (Å²) in [6.45, 7) is 10.8. The fraction of sp³-hybridized carbons (Fsp3) is 0.364. The Morgan fingerprint density at radius 1 is 1.03 bits per heavy atom. The molecule has 1 aliphatic heterocycles. The van der Waals surface area contributed by atoms with E-state index in [2.05, 4.69) is 52.0 Å². The molecule has 4 rings (SSSR count). The molecule has 39 heavy (non-hydrogen) atoms. The van der Waals surface area contributed by atoms with Crippen LogP contribution in [0.15, 0.2) is 84.4 Å². The summed E-state index contributed by atoms with van der Waals surface area (Å²) in [5, 5.41) is 9.39. The molecule has 5 nitrogen and oxygen atoms in total. The standard InChI is InChI=1S/C33H37FN2O3/c1-4-15-33(3,22-32(37)38)28-9-13-31(14-10-28)39-24-27-7-5-26(6-8-27)23-35-16-18-36(19-17-35)30-12-11-29(34)20-25(2)21-30/h5-14,20-21,25H,16-19,22-24H2,1-3H3,(H,37,38)/p+1/t25-,33-/m1/s1. The molecule has 0 spiro atoms. The Kier molecular flexibility index (Phi) is 9.27. The molecule has 0 amide bonds. The highest BCUT2D eigenvalue weighted by Gasteiger charge is 2.30. The number of piperazine rings is 1. The van der Waals surface area contributed by atoms with Crippen molar-refractivity contribution < 1.29 is 19.0 Å². The minimum absolute atomic E-state index is 0.0592. The molecule has 1 aliphatic carbocycles. The van der Waals surface area contributed by atoms with Crippen LogP contribution in [0.2, 0.25) is 0 Å². The van der Waals surface area contributed by atoms with Gasteiger partial charge >= 0.3 is 5.97 Å². The number of rotatable bonds is 9. The van der Waals surface area contributed by atoms with Gasteiger partial charge in [0.25, 0.3) is 0 Å². The molecule has 204 valence electrons. The van der Waals surface area contributed by atoms with Gasteiger partial charge in [-0.05, 0) is 66.8 Å². The first-order chi connectivity index (χ1) is 18.7. The molecule has 2 atom stereocenters. The van der Waals surface area contributed by atoms with Crippen LogP contribution in [0.1, 0.15) is 43.9 Å². The molecule has 2 aromatic carbocycles. The van der Waals surface area contributed by atoms with Crippen LogP contribution in [0.3, 0.4) is 0 Å². The zero-order chi connectivity index (χ0) is 27.8. The molecule has 0 radical (unpaired) electrons. The van der Waals surface area contributed by atoms with E-state index in [-0.39, 0.29) is 18.2 Å². The number of hydrogen-bond donors (Lipinski definition) is 1. The number of aliphatic carboxylic acids is 1. The van der Waals surface area contributed by atoms with Gasteiger partial charge in [-0.15, -0.1) is 5.92 Å². The largest absolute Gasteiger partial charge is 0.489 e. The van der Waals surface area contributed by atoms with Crippen molar-refractivity contribution in [1.29, 1.82) is 0 Å². The van der Waals surface area contributed by atoms with Crippen molar-refractivity contribution in [3.05, 3.63) is 101 Å². The Morgan fingerprint density at radius 3 is 2.33 bits per heavy atom. The number of aliphatic hydroxyl groups excluding tert-OH is 1. The fourth-order valence-electron chi connectivity index (χ4n) is 5.12. The summed E-state index contributed by atoms with van der Waals surface area (Å²) in [5.74, 6) is 6.02. The average Bonchev–Trinajstić information content (AvgIpc) is 3.08. The highest BCUT2D eigenvalue weighted by atomic mass is 19.1. The van der Waals surface area contributed by atoms with E-state index in [0.29, 0.717) is 6.61 Å². The summed E-state index contributed by atoms with van der Waals surface area (Å²) < 4.78 is 19.7. The van der Waals surface area contributed by atoms with Crippen LogP contribution in [-0.4, -0.2) is 51.8 Å². The normalized spacial score (nSPS) is 19.2. The van der Waals surface area contributed by atoms with Gasteiger partial charge < -0.3 is 19.5 Å². The maximum Gasteiger partial charge on any atom is 0.482 e. The van der Waals surface area contributed by atoms with E-state index in [1.807, 2.05) is 44.2 Å². The minimum atomic E-state index is -0.673. The predicted molar refractivity (Wildman–Crippen MR) is 155 cm³/mol. The third-order valence-corrected chi connectivity index (χ3v) is 7.25. The van der Waals surface area contributed by atoms with E-state index in [9.17, 15) is 14.3 Å². The lowest BCUT2D eigenvalue weighted by Gasteiger charge is -2.36. The molecule has 1 heterocycles. The van der Waals surface area contributed by atoms with Gasteiger partial charge in [0, 0.05) is 38.4 Å². The second kappa shape index (κ2) is 12.8. The Morgan fingerprint density at radius 2 is 1.69 bits per heavy atom. The summed E-state index contributed by atoms with van der Waals surface area (Å²) in [7, 11) is 0. The number of halogens is 1. The Hall–Kier alpha value is -3.82. The van der Waals surface area contributed by atoms with Crippen molar-refractivity contribution in [2.75, 3.05) is 26.2 Å². The number of carboxylic acid groups (broad SMARTS) is 1. The van der Waals surface area contributed by atoms with E-state index in [1.165, 1.54) is 5.56 Å². The van der Waals surface area contributed by atoms with Crippen LogP contribution in [0.25, 0.3) is 0 Å². The molecule has 6 heteroatoms. The third-order valence-electron chi connectivity index (χ3n) is 7.25. The molecule has 2 aromatic rings. The molecule has 0 unspecified atom stereocenters. The van der Waals surface area contributed by atoms with Gasteiger partial charge in [0.05, 0.1) is 5.41 Å². The fourth-order valence-corrected chi connectivity index (χ4v) is 5.12. The molecule has 0 aromatic heterocycles. The Labute approximate surface area is 231 Å². The summed E-state index contributed by atoms with van der Waals surface area (Å²) >= 11 is 0. The number of carboxylic acids is 1. The van der Waals surface area contributed by atoms with Crippen LogP contribution in [0, 0.1) is 17.8 Å². The van der Waals surface area contributed by atoms with E-state index >= 15 is 0 Å². The zero-order valence-electron chi connectivity index (χ0n) is 23.0. The first-order valence-corrected chi connectivity index (χ1v) is 13.5. The van der Waals surface area contributed by atoms with Gasteiger partial charge in [0.15, 0.2) is 0 Å². The Bertz CT molecular complexity index is 1290. The number of benzene rings is 2. The second-order valence-electron chi connectivity index (χ2n) is 10.5. The van der Waals surface area contributed by atoms with Crippen LogP contribution >= 0.6 is 0 Å². The van der Waals surface area contributed by atoms with E-state index in [1.54, 1.807) is 19.1 Å². The first kappa shape index (κ1) is 28.2. The summed E-state index contributed by atoms with van der Waals surface area (Å²) in [6.07, 6.45) is 7.29. The van der Waals surface area contributed by atoms with Crippen molar-refractivity contribution >= 4 is 5.97 Å². The van der Waals surface area contributed by atoms with Gasteiger partial charge in [-0.3, -0.25) is 4.90 Å². The van der Waals surface area contributed by atoms with Crippen LogP contribution < -0.4 is 4.74 Å². The SMILES string of the molecule is CC#C[C@](C)(CC(O)=[OH+])c1ccc(OCc2ccc(CN3CCN(C4=C[C@H](C)C=C(F)C=C4)CC3)cc2)cc1. The van der Waals surface area contributed by atoms with Gasteiger partial charge in [0.1, 0.15) is 24.6 Å². The Balaban J connectivity index is 1.26. The van der Waals surface area contributed by atoms with Crippen molar-refractivity contribution in [3.63, 3.8) is 0 Å². The lowest BCUT2D eigenvalue weighted by Crippen LogP contribution is -2.45. The molecule has 0 bridgehead atoms. The van der Waals surface area contributed by atoms with Gasteiger partial charge in [-0.1, -0.05) is 55.3 Å². The summed E-state index contributed by atoms with van der Waals surface area (Å²) in [6, 6.07) is 16.2. The van der Waals surface area contributed by atoms with Gasteiger partial charge in [0.2, 0.25) is 0 Å². The van der Waals surface area contributed by atoms with Gasteiger partial charge in [-0.2, -0.15) is 0 Å². The number of hydrogen-bond acceptors (Lipinski definition) is 3. The average molecular weight is 530 g/mol. The number of nitrogens with zero attached hydrogens (tertiary/aromatic N) is 2. The minimum Gasteiger partial charge on any atom is -0.489 e. The van der Waals surface area contributed by atoms with Crippen molar-refractivity contribution in [3.8, 4) is 17.6 Å². The molecule has 1 fully saturated rings. The molecule has 2 N–H and O–H groups in total. The molecular formula is C33H38FN2O3+. The quantitative estimate of drug-likeness (QED) is 0.317. The number of allylic oxidation sites excluding steroid dienone is 5. The maximum atomic E-state index is 13.7. The second-order valence-corrected chi connectivity index (χ2v) is 10.5. The van der Waals surface area contributed by atoms with Crippen LogP contribution in [-0.2, 0) is 18.6 Å². The predicted octanol–water partition coefficient (Wildman–Crippen LogP) is 6.06. The topological polar surface area (TPSA) is 57.3 Å². The molecular weight excluding hydrogens is 491 g/mol. The lowest BCUT2D eigenvalue weighted by molar-refractivity contribution is 0.155. The number of ether oxygens (including phenoxy) is 1. The van der Waals surface area contributed by atoms with Crippen LogP contribution in [0.5, 0.6) is 5.75 Å². The van der Waals surface area contributed by atoms with Gasteiger partial charge in [-0.25, -0.2) is 4.39 Å². The van der Waals surface area contributed by atoms with Crippen molar-refractivity contribution in [2.45, 2.75) is 45.8 Å². The first-order valence-electron chi connectivity index (χ1n) is 13.5. The molecule has 1 saturated heterocycles. The highest BCUT2D eigenvalue weighted by Crippen LogP contribution is 2.29. The monoisotopic (exact) mass is 529 g/mol. The summed E-state index contributed by atoms with van der Waals surface area (Å²) in [4.78, 5) is 14.2. The van der Waals surface area contributed by atoms with E-state index in [0.717, 1.165) is 55.3 Å². The van der Waals surface area contributed by atoms with Crippen LogP contribution in [0.4, 0.5) is 4.39 Å². The highest BCUT2D eigenvalue weighted by molar-refractivity contribution is 5.71. The van der Waals surface area contributed by atoms with E-state index in [4.69, 9.17) is 4.74 Å². The molecule has 2 aliphatic rings.